The molecule has 2 amide bonds. The average Bonchev–Trinajstić information content (AvgIpc) is 3.37. The van der Waals surface area contributed by atoms with E-state index in [9.17, 15) is 9.59 Å². The number of amides is 2. The maximum Gasteiger partial charge on any atom is 0.256 e. The maximum absolute atomic E-state index is 13.3. The number of fused-ring (bicyclic) bond motifs is 1. The van der Waals surface area contributed by atoms with Gasteiger partial charge in [-0.25, -0.2) is 0 Å². The number of nitrogens with zero attached hydrogens (tertiary/aromatic N) is 4. The van der Waals surface area contributed by atoms with Gasteiger partial charge in [0.05, 0.1) is 5.56 Å². The lowest BCUT2D eigenvalue weighted by molar-refractivity contribution is -0.133. The largest absolute Gasteiger partial charge is 0.339 e. The molecule has 1 aliphatic heterocycles. The summed E-state index contributed by atoms with van der Waals surface area (Å²) in [5, 5.41) is 10.8. The van der Waals surface area contributed by atoms with Crippen molar-refractivity contribution in [2.75, 3.05) is 19.6 Å². The molecule has 0 spiro atoms. The number of nitrogens with one attached hydrogen (secondary N) is 1. The summed E-state index contributed by atoms with van der Waals surface area (Å²) in [6.07, 6.45) is 6.37. The molecule has 4 rings (SSSR count). The highest BCUT2D eigenvalue weighted by Crippen LogP contribution is 2.36. The van der Waals surface area contributed by atoms with Crippen LogP contribution in [0.5, 0.6) is 0 Å². The Labute approximate surface area is 158 Å². The number of H-pyrrole nitrogens is 1. The van der Waals surface area contributed by atoms with E-state index in [4.69, 9.17) is 0 Å². The molecule has 1 unspecified atom stereocenters. The van der Waals surface area contributed by atoms with Gasteiger partial charge in [-0.1, -0.05) is 25.0 Å². The lowest BCUT2D eigenvalue weighted by Gasteiger charge is -2.42. The van der Waals surface area contributed by atoms with E-state index in [1.54, 1.807) is 6.08 Å². The first-order chi connectivity index (χ1) is 13.2. The smallest absolute Gasteiger partial charge is 0.256 e. The highest BCUT2D eigenvalue weighted by molar-refractivity contribution is 6.04. The number of allylic oxidation sites excluding steroid dienone is 1. The molecule has 0 bridgehead atoms. The van der Waals surface area contributed by atoms with Crippen LogP contribution in [0.15, 0.2) is 30.9 Å². The molecule has 2 aromatic rings. The van der Waals surface area contributed by atoms with Gasteiger partial charge >= 0.3 is 0 Å². The van der Waals surface area contributed by atoms with E-state index in [-0.39, 0.29) is 17.9 Å². The molecule has 2 heterocycles. The van der Waals surface area contributed by atoms with Gasteiger partial charge in [0, 0.05) is 32.1 Å². The van der Waals surface area contributed by atoms with Crippen LogP contribution in [-0.2, 0) is 4.79 Å². The third-order valence-corrected chi connectivity index (χ3v) is 5.54. The van der Waals surface area contributed by atoms with Crippen molar-refractivity contribution in [1.82, 2.24) is 25.2 Å². The predicted octanol–water partition coefficient (Wildman–Crippen LogP) is 2.38. The minimum atomic E-state index is -0.0154. The van der Waals surface area contributed by atoms with Crippen LogP contribution < -0.4 is 0 Å². The lowest BCUT2D eigenvalue weighted by Crippen LogP contribution is -2.56. The monoisotopic (exact) mass is 367 g/mol. The molecule has 2 fully saturated rings. The standard InChI is InChI=1S/C20H25N5O2/c1-2-3-7-18(26)24-10-11-25(15(13-24)12-14-8-9-14)20(27)16-5-4-6-17-19(16)22-23-21-17/h2,4-6,14-15H,1,3,7-13H2,(H,21,22,23). The van der Waals surface area contributed by atoms with Gasteiger partial charge in [-0.2, -0.15) is 15.4 Å². The summed E-state index contributed by atoms with van der Waals surface area (Å²) in [5.41, 5.74) is 1.88. The van der Waals surface area contributed by atoms with Crippen molar-refractivity contribution < 1.29 is 9.59 Å². The van der Waals surface area contributed by atoms with E-state index in [1.165, 1.54) is 12.8 Å². The molecule has 1 saturated carbocycles. The van der Waals surface area contributed by atoms with Crippen LogP contribution in [0.4, 0.5) is 0 Å². The van der Waals surface area contributed by atoms with Gasteiger partial charge in [0.15, 0.2) is 0 Å². The predicted molar refractivity (Wildman–Crippen MR) is 102 cm³/mol. The molecular weight excluding hydrogens is 342 g/mol. The van der Waals surface area contributed by atoms with E-state index in [1.807, 2.05) is 28.0 Å². The summed E-state index contributed by atoms with van der Waals surface area (Å²) in [5.74, 6) is 0.816. The highest BCUT2D eigenvalue weighted by atomic mass is 16.2. The van der Waals surface area contributed by atoms with Crippen molar-refractivity contribution in [3.8, 4) is 0 Å². The summed E-state index contributed by atoms with van der Waals surface area (Å²) < 4.78 is 0. The van der Waals surface area contributed by atoms with Crippen LogP contribution >= 0.6 is 0 Å². The molecule has 1 aromatic heterocycles. The first-order valence-electron chi connectivity index (χ1n) is 9.66. The Morgan fingerprint density at radius 3 is 2.89 bits per heavy atom. The number of hydrogen-bond acceptors (Lipinski definition) is 4. The van der Waals surface area contributed by atoms with Gasteiger partial charge in [-0.15, -0.1) is 6.58 Å². The molecule has 1 aliphatic carbocycles. The van der Waals surface area contributed by atoms with Crippen LogP contribution in [0.1, 0.15) is 42.5 Å². The molecule has 7 heteroatoms. The number of rotatable bonds is 6. The number of carbonyl (C=O) groups excluding carboxylic acids is 2. The van der Waals surface area contributed by atoms with Crippen molar-refractivity contribution >= 4 is 22.8 Å². The fourth-order valence-corrected chi connectivity index (χ4v) is 3.87. The van der Waals surface area contributed by atoms with Crippen LogP contribution in [-0.4, -0.2) is 62.7 Å². The molecule has 1 aromatic carbocycles. The third kappa shape index (κ3) is 3.72. The quantitative estimate of drug-likeness (QED) is 0.795. The van der Waals surface area contributed by atoms with Crippen LogP contribution in [0.25, 0.3) is 11.0 Å². The van der Waals surface area contributed by atoms with Gasteiger partial charge in [-0.3, -0.25) is 9.59 Å². The molecule has 7 nitrogen and oxygen atoms in total. The van der Waals surface area contributed by atoms with E-state index >= 15 is 0 Å². The second-order valence-electron chi connectivity index (χ2n) is 7.50. The minimum absolute atomic E-state index is 0.0154. The van der Waals surface area contributed by atoms with Crippen molar-refractivity contribution in [3.05, 3.63) is 36.4 Å². The van der Waals surface area contributed by atoms with Crippen molar-refractivity contribution in [1.29, 1.82) is 0 Å². The summed E-state index contributed by atoms with van der Waals surface area (Å²) >= 11 is 0. The number of aromatic nitrogens is 3. The van der Waals surface area contributed by atoms with Gasteiger partial charge in [-0.05, 0) is 30.9 Å². The first kappa shape index (κ1) is 17.7. The molecule has 27 heavy (non-hydrogen) atoms. The zero-order valence-electron chi connectivity index (χ0n) is 15.4. The lowest BCUT2D eigenvalue weighted by atomic mass is 10.0. The molecule has 1 saturated heterocycles. The molecule has 142 valence electrons. The van der Waals surface area contributed by atoms with E-state index in [0.29, 0.717) is 55.0 Å². The number of piperazine rings is 1. The van der Waals surface area contributed by atoms with Crippen molar-refractivity contribution in [2.24, 2.45) is 5.92 Å². The van der Waals surface area contributed by atoms with Crippen LogP contribution in [0.3, 0.4) is 0 Å². The SMILES string of the molecule is C=CCCC(=O)N1CCN(C(=O)c2cccc3n[nH]nc23)C(CC2CC2)C1. The van der Waals surface area contributed by atoms with E-state index in [2.05, 4.69) is 22.0 Å². The minimum Gasteiger partial charge on any atom is -0.339 e. The normalized spacial score (nSPS) is 20.1. The Balaban J connectivity index is 1.54. The zero-order chi connectivity index (χ0) is 18.8. The first-order valence-corrected chi connectivity index (χ1v) is 9.66. The molecule has 2 aliphatic rings. The average molecular weight is 367 g/mol. The number of hydrogen-bond donors (Lipinski definition) is 1. The number of aromatic amines is 1. The van der Waals surface area contributed by atoms with Gasteiger partial charge in [0.25, 0.3) is 5.91 Å². The second-order valence-corrected chi connectivity index (χ2v) is 7.50. The highest BCUT2D eigenvalue weighted by Gasteiger charge is 2.37. The summed E-state index contributed by atoms with van der Waals surface area (Å²) in [6, 6.07) is 5.55. The van der Waals surface area contributed by atoms with Crippen LogP contribution in [0, 0.1) is 5.92 Å². The molecule has 0 radical (unpaired) electrons. The number of para-hydroxylation sites is 1. The summed E-state index contributed by atoms with van der Waals surface area (Å²) in [7, 11) is 0. The second kappa shape index (κ2) is 7.50. The Morgan fingerprint density at radius 2 is 2.11 bits per heavy atom. The fraction of sp³-hybridized carbons (Fsp3) is 0.500. The Morgan fingerprint density at radius 1 is 1.26 bits per heavy atom. The van der Waals surface area contributed by atoms with E-state index < -0.39 is 0 Å². The van der Waals surface area contributed by atoms with E-state index in [0.717, 1.165) is 6.42 Å². The Bertz CT molecular complexity index is 857. The number of benzene rings is 1. The van der Waals surface area contributed by atoms with Crippen molar-refractivity contribution in [3.63, 3.8) is 0 Å². The fourth-order valence-electron chi connectivity index (χ4n) is 3.87. The summed E-state index contributed by atoms with van der Waals surface area (Å²) in [4.78, 5) is 29.6. The topological polar surface area (TPSA) is 82.2 Å². The Kier molecular flexibility index (Phi) is 4.92. The van der Waals surface area contributed by atoms with Gasteiger partial charge < -0.3 is 9.80 Å². The number of carbonyl (C=O) groups is 2. The summed E-state index contributed by atoms with van der Waals surface area (Å²) in [6.45, 7) is 5.45. The molecular formula is C20H25N5O2. The maximum atomic E-state index is 13.3. The third-order valence-electron chi connectivity index (χ3n) is 5.54. The van der Waals surface area contributed by atoms with Gasteiger partial charge in [0.1, 0.15) is 11.0 Å². The van der Waals surface area contributed by atoms with Gasteiger partial charge in [0.2, 0.25) is 5.91 Å². The Hall–Kier alpha value is -2.70. The molecule has 1 atom stereocenters. The zero-order valence-corrected chi connectivity index (χ0v) is 15.4. The van der Waals surface area contributed by atoms with Crippen LogP contribution in [0.2, 0.25) is 0 Å². The van der Waals surface area contributed by atoms with Crippen molar-refractivity contribution in [2.45, 2.75) is 38.1 Å². The molecule has 1 N–H and O–H groups in total.